The lowest BCUT2D eigenvalue weighted by Gasteiger charge is -2.31. The number of hydrogen-bond acceptors (Lipinski definition) is 3. The van der Waals surface area contributed by atoms with Crippen molar-refractivity contribution in [2.75, 3.05) is 13.2 Å². The van der Waals surface area contributed by atoms with Crippen molar-refractivity contribution in [3.05, 3.63) is 100 Å². The van der Waals surface area contributed by atoms with Gasteiger partial charge in [-0.15, -0.1) is 0 Å². The molecule has 0 spiro atoms. The molecule has 5 nitrogen and oxygen atoms in total. The van der Waals surface area contributed by atoms with E-state index < -0.39 is 6.04 Å². The van der Waals surface area contributed by atoms with Crippen molar-refractivity contribution in [3.63, 3.8) is 0 Å². The normalized spacial score (nSPS) is 11.5. The predicted octanol–water partition coefficient (Wildman–Crippen LogP) is 5.69. The van der Waals surface area contributed by atoms with Crippen LogP contribution in [0.2, 0.25) is 0 Å². The second-order valence-electron chi connectivity index (χ2n) is 8.60. The number of aryl methyl sites for hydroxylation is 1. The molecule has 0 saturated carbocycles. The van der Waals surface area contributed by atoms with E-state index in [2.05, 4.69) is 28.2 Å². The molecule has 184 valence electrons. The van der Waals surface area contributed by atoms with Crippen LogP contribution < -0.4 is 10.1 Å². The Bertz CT molecular complexity index is 1070. The van der Waals surface area contributed by atoms with E-state index in [-0.39, 0.29) is 18.4 Å². The van der Waals surface area contributed by atoms with Crippen molar-refractivity contribution in [1.29, 1.82) is 0 Å². The lowest BCUT2D eigenvalue weighted by Crippen LogP contribution is -2.51. The topological polar surface area (TPSA) is 58.6 Å². The van der Waals surface area contributed by atoms with Crippen LogP contribution in [0, 0.1) is 6.92 Å². The van der Waals surface area contributed by atoms with Gasteiger partial charge in [0.1, 0.15) is 11.8 Å². The van der Waals surface area contributed by atoms with Crippen molar-refractivity contribution < 1.29 is 14.3 Å². The Hall–Kier alpha value is -3.12. The number of nitrogens with one attached hydrogen (secondary N) is 1. The smallest absolute Gasteiger partial charge is 0.261 e. The van der Waals surface area contributed by atoms with Gasteiger partial charge in [-0.3, -0.25) is 9.59 Å². The number of carbonyl (C=O) groups excluding carboxylic acids is 2. The third-order valence-electron chi connectivity index (χ3n) is 5.75. The average molecular weight is 537 g/mol. The fraction of sp³-hybridized carbons (Fsp3) is 0.310. The molecule has 1 N–H and O–H groups in total. The SMILES string of the molecule is CCCCNC(=O)C(Cc1ccccc1)N(Cc1ccc(C)cc1)C(=O)COc1ccc(Br)cc1. The van der Waals surface area contributed by atoms with E-state index in [1.54, 1.807) is 17.0 Å². The molecule has 6 heteroatoms. The lowest BCUT2D eigenvalue weighted by molar-refractivity contribution is -0.142. The molecule has 1 atom stereocenters. The molecular weight excluding hydrogens is 504 g/mol. The number of amides is 2. The number of ether oxygens (including phenoxy) is 1. The fourth-order valence-corrected chi connectivity index (χ4v) is 3.97. The summed E-state index contributed by atoms with van der Waals surface area (Å²) in [4.78, 5) is 28.6. The maximum Gasteiger partial charge on any atom is 0.261 e. The van der Waals surface area contributed by atoms with Crippen molar-refractivity contribution in [2.24, 2.45) is 0 Å². The minimum Gasteiger partial charge on any atom is -0.484 e. The lowest BCUT2D eigenvalue weighted by atomic mass is 10.0. The average Bonchev–Trinajstić information content (AvgIpc) is 2.87. The first-order chi connectivity index (χ1) is 17.0. The number of nitrogens with zero attached hydrogens (tertiary/aromatic N) is 1. The molecule has 2 amide bonds. The van der Waals surface area contributed by atoms with Crippen LogP contribution in [0.15, 0.2) is 83.3 Å². The molecule has 0 aliphatic rings. The zero-order valence-corrected chi connectivity index (χ0v) is 22.0. The summed E-state index contributed by atoms with van der Waals surface area (Å²) in [6.45, 7) is 4.86. The Morgan fingerprint density at radius 2 is 1.63 bits per heavy atom. The van der Waals surface area contributed by atoms with Gasteiger partial charge in [0.05, 0.1) is 0 Å². The maximum absolute atomic E-state index is 13.5. The summed E-state index contributed by atoms with van der Waals surface area (Å²) in [5, 5.41) is 3.04. The molecule has 3 aromatic carbocycles. The molecule has 0 heterocycles. The second kappa shape index (κ2) is 13.7. The number of benzene rings is 3. The minimum absolute atomic E-state index is 0.147. The molecule has 0 radical (unpaired) electrons. The van der Waals surface area contributed by atoms with E-state index in [4.69, 9.17) is 4.74 Å². The zero-order valence-electron chi connectivity index (χ0n) is 20.4. The fourth-order valence-electron chi connectivity index (χ4n) is 3.71. The summed E-state index contributed by atoms with van der Waals surface area (Å²) in [5.41, 5.74) is 3.11. The van der Waals surface area contributed by atoms with Gasteiger partial charge in [-0.2, -0.15) is 0 Å². The number of rotatable bonds is 12. The van der Waals surface area contributed by atoms with Gasteiger partial charge in [-0.1, -0.05) is 89.4 Å². The van der Waals surface area contributed by atoms with Crippen LogP contribution in [0.1, 0.15) is 36.5 Å². The van der Waals surface area contributed by atoms with Crippen LogP contribution in [-0.2, 0) is 22.6 Å². The summed E-state index contributed by atoms with van der Waals surface area (Å²) in [5.74, 6) is 0.218. The summed E-state index contributed by atoms with van der Waals surface area (Å²) < 4.78 is 6.73. The summed E-state index contributed by atoms with van der Waals surface area (Å²) in [6.07, 6.45) is 2.30. The van der Waals surface area contributed by atoms with Gasteiger partial charge >= 0.3 is 0 Å². The molecule has 3 rings (SSSR count). The van der Waals surface area contributed by atoms with E-state index >= 15 is 0 Å². The number of halogens is 1. The van der Waals surface area contributed by atoms with E-state index in [1.807, 2.05) is 73.7 Å². The van der Waals surface area contributed by atoms with E-state index in [1.165, 1.54) is 0 Å². The summed E-state index contributed by atoms with van der Waals surface area (Å²) in [6, 6.07) is 24.5. The highest BCUT2D eigenvalue weighted by molar-refractivity contribution is 9.10. The molecule has 0 bridgehead atoms. The van der Waals surface area contributed by atoms with Gasteiger partial charge in [-0.25, -0.2) is 0 Å². The summed E-state index contributed by atoms with van der Waals surface area (Å²) >= 11 is 3.41. The van der Waals surface area contributed by atoms with Gasteiger partial charge in [0, 0.05) is 24.0 Å². The van der Waals surface area contributed by atoms with Gasteiger partial charge in [0.2, 0.25) is 5.91 Å². The Labute approximate surface area is 216 Å². The third-order valence-corrected chi connectivity index (χ3v) is 6.28. The molecule has 3 aromatic rings. The molecule has 0 fully saturated rings. The van der Waals surface area contributed by atoms with Crippen LogP contribution in [0.4, 0.5) is 0 Å². The van der Waals surface area contributed by atoms with E-state index in [0.29, 0.717) is 25.3 Å². The Morgan fingerprint density at radius 3 is 2.29 bits per heavy atom. The number of carbonyl (C=O) groups is 2. The monoisotopic (exact) mass is 536 g/mol. The highest BCUT2D eigenvalue weighted by Gasteiger charge is 2.30. The molecule has 0 aliphatic carbocycles. The predicted molar refractivity (Wildman–Crippen MR) is 143 cm³/mol. The van der Waals surface area contributed by atoms with Crippen molar-refractivity contribution in [3.8, 4) is 5.75 Å². The summed E-state index contributed by atoms with van der Waals surface area (Å²) in [7, 11) is 0. The standard InChI is InChI=1S/C29H33BrN2O3/c1-3-4-18-31-29(34)27(19-23-8-6-5-7-9-23)32(20-24-12-10-22(2)11-13-24)28(33)21-35-26-16-14-25(30)15-17-26/h5-17,27H,3-4,18-21H2,1-2H3,(H,31,34). The van der Waals surface area contributed by atoms with E-state index in [9.17, 15) is 9.59 Å². The van der Waals surface area contributed by atoms with Crippen LogP contribution >= 0.6 is 15.9 Å². The number of hydrogen-bond donors (Lipinski definition) is 1. The Balaban J connectivity index is 1.86. The third kappa shape index (κ3) is 8.55. The molecule has 1 unspecified atom stereocenters. The van der Waals surface area contributed by atoms with Crippen LogP contribution in [0.5, 0.6) is 5.75 Å². The Morgan fingerprint density at radius 1 is 0.943 bits per heavy atom. The first kappa shape index (κ1) is 26.5. The van der Waals surface area contributed by atoms with Crippen LogP contribution in [0.25, 0.3) is 0 Å². The Kier molecular flexibility index (Phi) is 10.4. The van der Waals surface area contributed by atoms with Gasteiger partial charge in [-0.05, 0) is 48.7 Å². The van der Waals surface area contributed by atoms with Gasteiger partial charge < -0.3 is 15.0 Å². The van der Waals surface area contributed by atoms with Gasteiger partial charge in [0.25, 0.3) is 5.91 Å². The zero-order chi connectivity index (χ0) is 25.0. The highest BCUT2D eigenvalue weighted by atomic mass is 79.9. The van der Waals surface area contributed by atoms with E-state index in [0.717, 1.165) is 34.0 Å². The maximum atomic E-state index is 13.5. The minimum atomic E-state index is -0.656. The van der Waals surface area contributed by atoms with Crippen molar-refractivity contribution in [2.45, 2.75) is 45.7 Å². The van der Waals surface area contributed by atoms with Crippen molar-refractivity contribution >= 4 is 27.7 Å². The number of unbranched alkanes of at least 4 members (excludes halogenated alkanes) is 1. The van der Waals surface area contributed by atoms with Gasteiger partial charge in [0.15, 0.2) is 6.61 Å². The second-order valence-corrected chi connectivity index (χ2v) is 9.52. The van der Waals surface area contributed by atoms with Crippen LogP contribution in [0.3, 0.4) is 0 Å². The molecular formula is C29H33BrN2O3. The quantitative estimate of drug-likeness (QED) is 0.302. The highest BCUT2D eigenvalue weighted by Crippen LogP contribution is 2.18. The molecule has 0 aliphatic heterocycles. The first-order valence-corrected chi connectivity index (χ1v) is 12.8. The van der Waals surface area contributed by atoms with Crippen LogP contribution in [-0.4, -0.2) is 35.9 Å². The van der Waals surface area contributed by atoms with Crippen molar-refractivity contribution in [1.82, 2.24) is 10.2 Å². The molecule has 35 heavy (non-hydrogen) atoms. The first-order valence-electron chi connectivity index (χ1n) is 12.0. The largest absolute Gasteiger partial charge is 0.484 e. The molecule has 0 aromatic heterocycles. The molecule has 0 saturated heterocycles.